The van der Waals surface area contributed by atoms with E-state index >= 15 is 0 Å². The first-order valence-electron chi connectivity index (χ1n) is 7.21. The highest BCUT2D eigenvalue weighted by Crippen LogP contribution is 2.40. The molecule has 0 aromatic heterocycles. The summed E-state index contributed by atoms with van der Waals surface area (Å²) < 4.78 is 34.0. The first-order valence-corrected chi connectivity index (χ1v) is 9.45. The van der Waals surface area contributed by atoms with Crippen LogP contribution in [0.25, 0.3) is 10.8 Å². The Morgan fingerprint density at radius 3 is 2.31 bits per heavy atom. The Balaban J connectivity index is 2.28. The molecule has 3 aromatic carbocycles. The molecule has 0 spiro atoms. The smallest absolute Gasteiger partial charge is 0.295 e. The Hall–Kier alpha value is -2.69. The molecule has 0 amide bonds. The molecule has 0 atom stereocenters. The third kappa shape index (κ3) is 3.77. The van der Waals surface area contributed by atoms with Crippen LogP contribution in [0.3, 0.4) is 0 Å². The summed E-state index contributed by atoms with van der Waals surface area (Å²) in [5, 5.41) is 16.0. The lowest BCUT2D eigenvalue weighted by atomic mass is 10.1. The van der Waals surface area contributed by atoms with Crippen molar-refractivity contribution in [2.75, 3.05) is 0 Å². The molecule has 0 saturated carbocycles. The summed E-state index contributed by atoms with van der Waals surface area (Å²) in [4.78, 5) is -0.299. The number of nitrogens with two attached hydrogens (primary N) is 1. The zero-order valence-corrected chi connectivity index (χ0v) is 15.5. The fraction of sp³-hybridized carbons (Fsp3) is 0. The summed E-state index contributed by atoms with van der Waals surface area (Å²) in [6.45, 7) is 0. The van der Waals surface area contributed by atoms with Gasteiger partial charge in [-0.1, -0.05) is 51.5 Å². The third-order valence-electron chi connectivity index (χ3n) is 3.48. The van der Waals surface area contributed by atoms with Gasteiger partial charge in [0.2, 0.25) is 0 Å². The van der Waals surface area contributed by atoms with E-state index in [9.17, 15) is 13.0 Å². The molecule has 3 rings (SSSR count). The van der Waals surface area contributed by atoms with E-state index in [1.807, 2.05) is 6.07 Å². The molecule has 0 aliphatic carbocycles. The highest BCUT2D eigenvalue weighted by Gasteiger charge is 2.19. The molecule has 26 heavy (non-hydrogen) atoms. The number of hydrogen-bond donors (Lipinski definition) is 2. The quantitative estimate of drug-likeness (QED) is 0.252. The summed E-state index contributed by atoms with van der Waals surface area (Å²) in [7, 11) is -4.49. The summed E-state index contributed by atoms with van der Waals surface area (Å²) in [6.07, 6.45) is 0. The van der Waals surface area contributed by atoms with Crippen LogP contribution in [-0.2, 0) is 10.1 Å². The maximum absolute atomic E-state index is 11.8. The maximum atomic E-state index is 11.8. The zero-order chi connectivity index (χ0) is 18.7. The minimum Gasteiger partial charge on any atom is -0.305 e. The molecule has 10 heteroatoms. The predicted molar refractivity (Wildman–Crippen MR) is 101 cm³/mol. The van der Waals surface area contributed by atoms with Crippen molar-refractivity contribution < 1.29 is 13.0 Å². The summed E-state index contributed by atoms with van der Waals surface area (Å²) in [6, 6.07) is 14.8. The predicted octanol–water partition coefficient (Wildman–Crippen LogP) is 5.22. The normalized spacial score (nSPS) is 12.4. The van der Waals surface area contributed by atoms with Crippen molar-refractivity contribution in [1.29, 1.82) is 0 Å². The second kappa shape index (κ2) is 7.28. The Morgan fingerprint density at radius 2 is 1.65 bits per heavy atom. The van der Waals surface area contributed by atoms with E-state index in [-0.39, 0.29) is 21.7 Å². The monoisotopic (exact) mass is 433 g/mol. The van der Waals surface area contributed by atoms with Crippen molar-refractivity contribution in [3.63, 3.8) is 0 Å². The molecule has 0 aliphatic heterocycles. The number of benzene rings is 3. The third-order valence-corrected chi connectivity index (χ3v) is 4.86. The summed E-state index contributed by atoms with van der Waals surface area (Å²) >= 11 is 3.33. The van der Waals surface area contributed by atoms with Crippen LogP contribution in [0.2, 0.25) is 0 Å². The SMILES string of the molecule is NN=Nc1c(N=Nc2cccc(Br)c2)cc(S(=O)(=O)O)c2ccccc12. The van der Waals surface area contributed by atoms with Crippen LogP contribution in [0.5, 0.6) is 0 Å². The van der Waals surface area contributed by atoms with Gasteiger partial charge in [-0.3, -0.25) is 4.55 Å². The molecule has 0 heterocycles. The second-order valence-corrected chi connectivity index (χ2v) is 7.46. The van der Waals surface area contributed by atoms with Crippen molar-refractivity contribution >= 4 is 53.9 Å². The lowest BCUT2D eigenvalue weighted by Crippen LogP contribution is -1.99. The molecule has 0 aliphatic rings. The van der Waals surface area contributed by atoms with Crippen LogP contribution in [-0.4, -0.2) is 13.0 Å². The Kier molecular flexibility index (Phi) is 5.07. The van der Waals surface area contributed by atoms with Crippen LogP contribution in [0.4, 0.5) is 17.1 Å². The van der Waals surface area contributed by atoms with Gasteiger partial charge in [0.05, 0.1) is 5.69 Å². The molecule has 0 fully saturated rings. The van der Waals surface area contributed by atoms with Crippen LogP contribution >= 0.6 is 15.9 Å². The molecular formula is C16H12BrN5O3S. The molecule has 8 nitrogen and oxygen atoms in total. The van der Waals surface area contributed by atoms with Crippen LogP contribution in [0, 0.1) is 0 Å². The number of fused-ring (bicyclic) bond motifs is 1. The largest absolute Gasteiger partial charge is 0.305 e. The van der Waals surface area contributed by atoms with Gasteiger partial charge in [0.25, 0.3) is 10.1 Å². The number of nitrogens with zero attached hydrogens (tertiary/aromatic N) is 4. The minimum atomic E-state index is -4.49. The number of halogens is 1. The highest BCUT2D eigenvalue weighted by molar-refractivity contribution is 9.10. The van der Waals surface area contributed by atoms with Gasteiger partial charge in [-0.05, 0) is 24.3 Å². The van der Waals surface area contributed by atoms with Gasteiger partial charge in [0.1, 0.15) is 16.3 Å². The van der Waals surface area contributed by atoms with Gasteiger partial charge < -0.3 is 5.84 Å². The molecule has 3 aromatic rings. The average molecular weight is 434 g/mol. The second-order valence-electron chi connectivity index (χ2n) is 5.16. The fourth-order valence-corrected chi connectivity index (χ4v) is 3.52. The standard InChI is InChI=1S/C16H12BrN5O3S/c17-10-4-3-5-11(8-10)19-20-14-9-15(26(23,24)25)12-6-1-2-7-13(12)16(14)21-22-18/h1-9H,(H2,18,21)(H,23,24,25). The van der Waals surface area contributed by atoms with Gasteiger partial charge in [-0.15, -0.1) is 10.2 Å². The van der Waals surface area contributed by atoms with Crippen molar-refractivity contribution in [3.05, 3.63) is 59.1 Å². The van der Waals surface area contributed by atoms with Gasteiger partial charge >= 0.3 is 0 Å². The van der Waals surface area contributed by atoms with Crippen LogP contribution in [0.1, 0.15) is 0 Å². The van der Waals surface area contributed by atoms with Crippen molar-refractivity contribution in [1.82, 2.24) is 0 Å². The zero-order valence-electron chi connectivity index (χ0n) is 13.1. The average Bonchev–Trinajstić information content (AvgIpc) is 2.60. The fourth-order valence-electron chi connectivity index (χ4n) is 2.42. The van der Waals surface area contributed by atoms with Crippen LogP contribution in [0.15, 0.2) is 84.5 Å². The Morgan fingerprint density at radius 1 is 0.923 bits per heavy atom. The van der Waals surface area contributed by atoms with Crippen LogP contribution < -0.4 is 5.84 Å². The molecule has 0 unspecified atom stereocenters. The summed E-state index contributed by atoms with van der Waals surface area (Å²) in [5.41, 5.74) is 0.885. The van der Waals surface area contributed by atoms with E-state index in [0.29, 0.717) is 11.1 Å². The molecule has 0 bridgehead atoms. The van der Waals surface area contributed by atoms with Crippen molar-refractivity contribution in [2.45, 2.75) is 4.90 Å². The van der Waals surface area contributed by atoms with E-state index in [1.165, 1.54) is 6.07 Å². The molecule has 132 valence electrons. The number of azo groups is 1. The van der Waals surface area contributed by atoms with Gasteiger partial charge in [0, 0.05) is 15.2 Å². The minimum absolute atomic E-state index is 0.102. The first-order chi connectivity index (χ1) is 12.4. The Bertz CT molecular complexity index is 1150. The van der Waals surface area contributed by atoms with E-state index in [0.717, 1.165) is 4.47 Å². The lowest BCUT2D eigenvalue weighted by molar-refractivity contribution is 0.484. The van der Waals surface area contributed by atoms with Gasteiger partial charge in [-0.2, -0.15) is 13.5 Å². The van der Waals surface area contributed by atoms with E-state index < -0.39 is 10.1 Å². The van der Waals surface area contributed by atoms with Crippen molar-refractivity contribution in [3.8, 4) is 0 Å². The van der Waals surface area contributed by atoms with E-state index in [4.69, 9.17) is 5.84 Å². The first kappa shape index (κ1) is 18.1. The topological polar surface area (TPSA) is 130 Å². The van der Waals surface area contributed by atoms with E-state index in [1.54, 1.807) is 42.5 Å². The maximum Gasteiger partial charge on any atom is 0.295 e. The number of hydrogen-bond acceptors (Lipinski definition) is 6. The highest BCUT2D eigenvalue weighted by atomic mass is 79.9. The molecule has 0 saturated heterocycles. The van der Waals surface area contributed by atoms with Crippen molar-refractivity contribution in [2.24, 2.45) is 26.4 Å². The number of rotatable bonds is 4. The lowest BCUT2D eigenvalue weighted by Gasteiger charge is -2.08. The summed E-state index contributed by atoms with van der Waals surface area (Å²) in [5.74, 6) is 5.18. The molecular weight excluding hydrogens is 422 g/mol. The molecule has 3 N–H and O–H groups in total. The van der Waals surface area contributed by atoms with Gasteiger partial charge in [-0.25, -0.2) is 0 Å². The Labute approximate surface area is 157 Å². The molecule has 0 radical (unpaired) electrons. The van der Waals surface area contributed by atoms with E-state index in [2.05, 4.69) is 36.5 Å². The van der Waals surface area contributed by atoms with Gasteiger partial charge in [0.15, 0.2) is 0 Å².